The highest BCUT2D eigenvalue weighted by atomic mass is 16.6. The first kappa shape index (κ1) is 18.1. The lowest BCUT2D eigenvalue weighted by Crippen LogP contribution is -2.30. The van der Waals surface area contributed by atoms with E-state index in [1.54, 1.807) is 12.1 Å². The van der Waals surface area contributed by atoms with Crippen LogP contribution >= 0.6 is 0 Å². The van der Waals surface area contributed by atoms with E-state index in [0.717, 1.165) is 18.1 Å². The highest BCUT2D eigenvalue weighted by Crippen LogP contribution is 2.24. The van der Waals surface area contributed by atoms with Gasteiger partial charge in [0.1, 0.15) is 5.75 Å². The smallest absolute Gasteiger partial charge is 0.270 e. The summed E-state index contributed by atoms with van der Waals surface area (Å²) in [6.07, 6.45) is 0.477. The summed E-state index contributed by atoms with van der Waals surface area (Å²) in [5, 5.41) is 13.5. The molecule has 0 heterocycles. The van der Waals surface area contributed by atoms with Gasteiger partial charge in [-0.05, 0) is 37.1 Å². The van der Waals surface area contributed by atoms with Gasteiger partial charge in [-0.3, -0.25) is 19.7 Å². The number of benzene rings is 2. The van der Waals surface area contributed by atoms with E-state index in [1.165, 1.54) is 19.1 Å². The maximum atomic E-state index is 12.2. The van der Waals surface area contributed by atoms with E-state index in [9.17, 15) is 19.7 Å². The molecule has 0 saturated heterocycles. The van der Waals surface area contributed by atoms with Gasteiger partial charge in [0.2, 0.25) is 0 Å². The molecule has 0 aliphatic heterocycles. The van der Waals surface area contributed by atoms with E-state index in [-0.39, 0.29) is 22.9 Å². The molecule has 2 aromatic carbocycles. The van der Waals surface area contributed by atoms with Crippen LogP contribution in [0.2, 0.25) is 0 Å². The largest absolute Gasteiger partial charge is 0.480 e. The van der Waals surface area contributed by atoms with Crippen molar-refractivity contribution < 1.29 is 19.2 Å². The normalized spacial score (nSPS) is 11.4. The first-order valence-corrected chi connectivity index (χ1v) is 7.74. The van der Waals surface area contributed by atoms with Crippen molar-refractivity contribution in [1.29, 1.82) is 0 Å². The van der Waals surface area contributed by atoms with Crippen LogP contribution in [-0.2, 0) is 11.2 Å². The fourth-order valence-corrected chi connectivity index (χ4v) is 2.16. The second kappa shape index (κ2) is 8.05. The zero-order valence-electron chi connectivity index (χ0n) is 13.9. The van der Waals surface area contributed by atoms with E-state index >= 15 is 0 Å². The quantitative estimate of drug-likeness (QED) is 0.472. The molecule has 0 unspecified atom stereocenters. The summed E-state index contributed by atoms with van der Waals surface area (Å²) >= 11 is 0. The molecule has 0 aliphatic carbocycles. The summed E-state index contributed by atoms with van der Waals surface area (Å²) in [6.45, 7) is 3.57. The predicted molar refractivity (Wildman–Crippen MR) is 93.0 cm³/mol. The van der Waals surface area contributed by atoms with Crippen LogP contribution in [0.1, 0.15) is 29.8 Å². The van der Waals surface area contributed by atoms with Crippen molar-refractivity contribution in [3.63, 3.8) is 0 Å². The average Bonchev–Trinajstić information content (AvgIpc) is 2.62. The maximum absolute atomic E-state index is 12.2. The first-order valence-electron chi connectivity index (χ1n) is 7.74. The summed E-state index contributed by atoms with van der Waals surface area (Å²) in [5.41, 5.74) is 1.59. The third kappa shape index (κ3) is 4.63. The lowest BCUT2D eigenvalue weighted by Gasteiger charge is -2.16. The predicted octanol–water partition coefficient (Wildman–Crippen LogP) is 3.38. The molecule has 0 aromatic heterocycles. The molecule has 1 amide bonds. The lowest BCUT2D eigenvalue weighted by atomic mass is 10.1. The number of hydrogen-bond donors (Lipinski definition) is 1. The van der Waals surface area contributed by atoms with E-state index in [2.05, 4.69) is 5.32 Å². The molecular formula is C18H18N2O5. The maximum Gasteiger partial charge on any atom is 0.270 e. The van der Waals surface area contributed by atoms with Crippen molar-refractivity contribution in [2.75, 3.05) is 5.32 Å². The molecule has 130 valence electrons. The summed E-state index contributed by atoms with van der Waals surface area (Å²) in [6, 6.07) is 11.1. The third-order valence-electron chi connectivity index (χ3n) is 3.63. The number of carbonyl (C=O) groups excluding carboxylic acids is 2. The number of ether oxygens (including phenoxy) is 1. The second-order valence-corrected chi connectivity index (χ2v) is 5.40. The van der Waals surface area contributed by atoms with Crippen LogP contribution in [0.25, 0.3) is 0 Å². The Morgan fingerprint density at radius 2 is 1.96 bits per heavy atom. The van der Waals surface area contributed by atoms with E-state index in [0.29, 0.717) is 12.0 Å². The SMILES string of the molecule is CCc1ccc(NC(=O)[C@H](C)Oc2ccc([N+](=O)[O-])cc2C=O)cc1. The molecule has 0 aliphatic rings. The molecule has 7 nitrogen and oxygen atoms in total. The van der Waals surface area contributed by atoms with E-state index < -0.39 is 11.0 Å². The van der Waals surface area contributed by atoms with Gasteiger partial charge in [-0.15, -0.1) is 0 Å². The Kier molecular flexibility index (Phi) is 5.84. The van der Waals surface area contributed by atoms with Gasteiger partial charge in [0.05, 0.1) is 10.5 Å². The van der Waals surface area contributed by atoms with Gasteiger partial charge in [-0.2, -0.15) is 0 Å². The number of non-ortho nitro benzene ring substituents is 1. The molecule has 25 heavy (non-hydrogen) atoms. The molecule has 2 rings (SSSR count). The lowest BCUT2D eigenvalue weighted by molar-refractivity contribution is -0.384. The van der Waals surface area contributed by atoms with Crippen LogP contribution in [0.4, 0.5) is 11.4 Å². The summed E-state index contributed by atoms with van der Waals surface area (Å²) < 4.78 is 5.48. The number of nitrogens with zero attached hydrogens (tertiary/aromatic N) is 1. The zero-order chi connectivity index (χ0) is 18.4. The van der Waals surface area contributed by atoms with Gasteiger partial charge in [-0.1, -0.05) is 19.1 Å². The number of nitrogens with one attached hydrogen (secondary N) is 1. The van der Waals surface area contributed by atoms with Crippen LogP contribution in [0.5, 0.6) is 5.75 Å². The summed E-state index contributed by atoms with van der Waals surface area (Å²) in [7, 11) is 0. The molecule has 0 bridgehead atoms. The molecule has 1 N–H and O–H groups in total. The van der Waals surface area contributed by atoms with Crippen LogP contribution < -0.4 is 10.1 Å². The molecule has 0 spiro atoms. The number of aryl methyl sites for hydroxylation is 1. The van der Waals surface area contributed by atoms with Gasteiger partial charge in [-0.25, -0.2) is 0 Å². The number of nitro groups is 1. The Balaban J connectivity index is 2.07. The van der Waals surface area contributed by atoms with Crippen LogP contribution in [0, 0.1) is 10.1 Å². The second-order valence-electron chi connectivity index (χ2n) is 5.40. The minimum absolute atomic E-state index is 0.0150. The third-order valence-corrected chi connectivity index (χ3v) is 3.63. The Bertz CT molecular complexity index is 787. The molecule has 2 aromatic rings. The monoisotopic (exact) mass is 342 g/mol. The van der Waals surface area contributed by atoms with Crippen molar-refractivity contribution in [1.82, 2.24) is 0 Å². The minimum Gasteiger partial charge on any atom is -0.480 e. The number of rotatable bonds is 7. The molecule has 0 saturated carbocycles. The highest BCUT2D eigenvalue weighted by Gasteiger charge is 2.18. The number of hydrogen-bond acceptors (Lipinski definition) is 5. The van der Waals surface area contributed by atoms with Crippen molar-refractivity contribution in [2.24, 2.45) is 0 Å². The molecule has 0 radical (unpaired) electrons. The number of anilines is 1. The first-order chi connectivity index (χ1) is 11.9. The molecule has 1 atom stereocenters. The van der Waals surface area contributed by atoms with Crippen molar-refractivity contribution >= 4 is 23.6 Å². The molecule has 0 fully saturated rings. The van der Waals surface area contributed by atoms with Gasteiger partial charge in [0.25, 0.3) is 11.6 Å². The van der Waals surface area contributed by atoms with Crippen molar-refractivity contribution in [3.8, 4) is 5.75 Å². The number of aldehydes is 1. The molecular weight excluding hydrogens is 324 g/mol. The fourth-order valence-electron chi connectivity index (χ4n) is 2.16. The number of amides is 1. The highest BCUT2D eigenvalue weighted by molar-refractivity contribution is 5.94. The summed E-state index contributed by atoms with van der Waals surface area (Å²) in [5.74, 6) is -0.274. The minimum atomic E-state index is -0.883. The van der Waals surface area contributed by atoms with Gasteiger partial charge < -0.3 is 10.1 Å². The van der Waals surface area contributed by atoms with Gasteiger partial charge >= 0.3 is 0 Å². The van der Waals surface area contributed by atoms with Crippen molar-refractivity contribution in [2.45, 2.75) is 26.4 Å². The Labute approximate surface area is 144 Å². The van der Waals surface area contributed by atoms with Crippen LogP contribution in [0.15, 0.2) is 42.5 Å². The Morgan fingerprint density at radius 1 is 1.28 bits per heavy atom. The van der Waals surface area contributed by atoms with E-state index in [1.807, 2.05) is 19.1 Å². The van der Waals surface area contributed by atoms with Crippen molar-refractivity contribution in [3.05, 3.63) is 63.7 Å². The van der Waals surface area contributed by atoms with Crippen LogP contribution in [0.3, 0.4) is 0 Å². The van der Waals surface area contributed by atoms with Gasteiger partial charge in [0.15, 0.2) is 12.4 Å². The molecule has 7 heteroatoms. The topological polar surface area (TPSA) is 98.5 Å². The van der Waals surface area contributed by atoms with Gasteiger partial charge in [0, 0.05) is 17.8 Å². The zero-order valence-corrected chi connectivity index (χ0v) is 13.9. The standard InChI is InChI=1S/C18H18N2O5/c1-3-13-4-6-15(7-5-13)19-18(22)12(2)25-17-9-8-16(20(23)24)10-14(17)11-21/h4-12H,3H2,1-2H3,(H,19,22)/t12-/m0/s1. The fraction of sp³-hybridized carbons (Fsp3) is 0.222. The number of nitro benzene ring substituents is 1. The Hall–Kier alpha value is -3.22. The van der Waals surface area contributed by atoms with E-state index in [4.69, 9.17) is 4.74 Å². The number of carbonyl (C=O) groups is 2. The average molecular weight is 342 g/mol. The summed E-state index contributed by atoms with van der Waals surface area (Å²) in [4.78, 5) is 33.5. The van der Waals surface area contributed by atoms with Crippen LogP contribution in [-0.4, -0.2) is 23.2 Å². The Morgan fingerprint density at radius 3 is 2.52 bits per heavy atom.